The number of nitrogens with one attached hydrogen (secondary N) is 1. The van der Waals surface area contributed by atoms with Crippen LogP contribution < -0.4 is 5.32 Å². The lowest BCUT2D eigenvalue weighted by Crippen LogP contribution is -2.04. The van der Waals surface area contributed by atoms with Gasteiger partial charge in [0.05, 0.1) is 11.8 Å². The Hall–Kier alpha value is -2.91. The molecule has 3 heterocycles. The van der Waals surface area contributed by atoms with Crippen LogP contribution in [-0.2, 0) is 6.54 Å². The average molecular weight is 307 g/mol. The molecule has 0 aliphatic carbocycles. The SMILES string of the molecule is CCn1nccc1Nc1ncc(-c2nnc(C(F)F)o2)cn1. The normalized spacial score (nSPS) is 11.1. The third-order valence-corrected chi connectivity index (χ3v) is 2.78. The summed E-state index contributed by atoms with van der Waals surface area (Å²) in [6, 6.07) is 1.79. The van der Waals surface area contributed by atoms with E-state index in [2.05, 4.69) is 30.6 Å². The fraction of sp³-hybridized carbons (Fsp3) is 0.250. The maximum absolute atomic E-state index is 12.4. The van der Waals surface area contributed by atoms with E-state index < -0.39 is 12.3 Å². The van der Waals surface area contributed by atoms with E-state index >= 15 is 0 Å². The van der Waals surface area contributed by atoms with Gasteiger partial charge in [-0.05, 0) is 6.92 Å². The number of aromatic nitrogens is 6. The van der Waals surface area contributed by atoms with E-state index in [1.54, 1.807) is 16.9 Å². The zero-order valence-corrected chi connectivity index (χ0v) is 11.4. The largest absolute Gasteiger partial charge is 0.415 e. The standard InChI is InChI=1S/C12H11F2N7O/c1-2-21-8(3-4-17-21)18-12-15-5-7(6-16-12)10-19-20-11(22-10)9(13)14/h3-6,9H,2H2,1H3,(H,15,16,18). The van der Waals surface area contributed by atoms with Crippen LogP contribution in [0.4, 0.5) is 20.5 Å². The molecule has 0 bridgehead atoms. The summed E-state index contributed by atoms with van der Waals surface area (Å²) < 4.78 is 31.4. The number of halogens is 2. The molecule has 0 aliphatic rings. The van der Waals surface area contributed by atoms with Gasteiger partial charge in [-0.3, -0.25) is 0 Å². The van der Waals surface area contributed by atoms with Crippen molar-refractivity contribution in [3.63, 3.8) is 0 Å². The van der Waals surface area contributed by atoms with E-state index in [9.17, 15) is 8.78 Å². The van der Waals surface area contributed by atoms with Crippen molar-refractivity contribution in [3.8, 4) is 11.5 Å². The number of hydrogen-bond donors (Lipinski definition) is 1. The van der Waals surface area contributed by atoms with Gasteiger partial charge < -0.3 is 9.73 Å². The summed E-state index contributed by atoms with van der Waals surface area (Å²) in [5.74, 6) is 0.296. The van der Waals surface area contributed by atoms with Gasteiger partial charge >= 0.3 is 6.43 Å². The predicted molar refractivity (Wildman–Crippen MR) is 71.5 cm³/mol. The highest BCUT2D eigenvalue weighted by molar-refractivity contribution is 5.53. The summed E-state index contributed by atoms with van der Waals surface area (Å²) in [5.41, 5.74) is 0.356. The molecule has 3 rings (SSSR count). The average Bonchev–Trinajstić information content (AvgIpc) is 3.17. The van der Waals surface area contributed by atoms with Crippen LogP contribution >= 0.6 is 0 Å². The van der Waals surface area contributed by atoms with E-state index in [-0.39, 0.29) is 5.89 Å². The molecule has 0 unspecified atom stereocenters. The Morgan fingerprint density at radius 3 is 2.68 bits per heavy atom. The molecule has 0 saturated carbocycles. The highest BCUT2D eigenvalue weighted by atomic mass is 19.3. The fourth-order valence-electron chi connectivity index (χ4n) is 1.75. The van der Waals surface area contributed by atoms with E-state index in [1.165, 1.54) is 12.4 Å². The van der Waals surface area contributed by atoms with Crippen molar-refractivity contribution in [1.29, 1.82) is 0 Å². The van der Waals surface area contributed by atoms with E-state index in [0.29, 0.717) is 18.1 Å². The summed E-state index contributed by atoms with van der Waals surface area (Å²) in [6.07, 6.45) is 1.66. The molecule has 0 saturated heterocycles. The van der Waals surface area contributed by atoms with Gasteiger partial charge in [-0.2, -0.15) is 13.9 Å². The first-order valence-electron chi connectivity index (χ1n) is 6.40. The van der Waals surface area contributed by atoms with Gasteiger partial charge in [0.25, 0.3) is 11.8 Å². The van der Waals surface area contributed by atoms with Crippen LogP contribution in [0.15, 0.2) is 29.1 Å². The first kappa shape index (κ1) is 14.0. The minimum absolute atomic E-state index is 0.0551. The summed E-state index contributed by atoms with van der Waals surface area (Å²) in [7, 11) is 0. The lowest BCUT2D eigenvalue weighted by molar-refractivity contribution is 0.116. The Kier molecular flexibility index (Phi) is 3.73. The lowest BCUT2D eigenvalue weighted by atomic mass is 10.3. The van der Waals surface area contributed by atoms with Gasteiger partial charge in [0, 0.05) is 25.0 Å². The van der Waals surface area contributed by atoms with Crippen LogP contribution in [0, 0.1) is 0 Å². The lowest BCUT2D eigenvalue weighted by Gasteiger charge is -2.06. The minimum Gasteiger partial charge on any atom is -0.415 e. The highest BCUT2D eigenvalue weighted by Crippen LogP contribution is 2.22. The molecule has 10 heteroatoms. The Morgan fingerprint density at radius 2 is 2.05 bits per heavy atom. The second-order valence-electron chi connectivity index (χ2n) is 4.20. The van der Waals surface area contributed by atoms with Crippen LogP contribution in [0.2, 0.25) is 0 Å². The second-order valence-corrected chi connectivity index (χ2v) is 4.20. The molecule has 0 radical (unpaired) electrons. The third kappa shape index (κ3) is 2.75. The number of hydrogen-bond acceptors (Lipinski definition) is 7. The van der Waals surface area contributed by atoms with Gasteiger partial charge in [0.15, 0.2) is 0 Å². The van der Waals surface area contributed by atoms with Crippen LogP contribution in [0.1, 0.15) is 19.2 Å². The fourth-order valence-corrected chi connectivity index (χ4v) is 1.75. The van der Waals surface area contributed by atoms with Gasteiger partial charge in [0.1, 0.15) is 5.82 Å². The molecule has 0 aliphatic heterocycles. The monoisotopic (exact) mass is 307 g/mol. The second kappa shape index (κ2) is 5.84. The summed E-state index contributed by atoms with van der Waals surface area (Å²) >= 11 is 0. The number of rotatable bonds is 5. The summed E-state index contributed by atoms with van der Waals surface area (Å²) in [6.45, 7) is 2.66. The molecule has 22 heavy (non-hydrogen) atoms. The van der Waals surface area contributed by atoms with E-state index in [4.69, 9.17) is 4.42 Å². The molecular weight excluding hydrogens is 296 g/mol. The maximum Gasteiger partial charge on any atom is 0.314 e. The third-order valence-electron chi connectivity index (χ3n) is 2.78. The molecule has 8 nitrogen and oxygen atoms in total. The van der Waals surface area contributed by atoms with Crippen molar-refractivity contribution < 1.29 is 13.2 Å². The molecule has 3 aromatic rings. The topological polar surface area (TPSA) is 94.6 Å². The number of alkyl halides is 2. The van der Waals surface area contributed by atoms with Crippen molar-refractivity contribution in [2.45, 2.75) is 19.9 Å². The van der Waals surface area contributed by atoms with Crippen molar-refractivity contribution in [2.75, 3.05) is 5.32 Å². The minimum atomic E-state index is -2.81. The van der Waals surface area contributed by atoms with Crippen LogP contribution in [-0.4, -0.2) is 29.9 Å². The Bertz CT molecular complexity index is 753. The summed E-state index contributed by atoms with van der Waals surface area (Å²) in [5, 5.41) is 13.9. The molecule has 3 aromatic heterocycles. The maximum atomic E-state index is 12.4. The van der Waals surface area contributed by atoms with Gasteiger partial charge in [-0.15, -0.1) is 10.2 Å². The number of aryl methyl sites for hydroxylation is 1. The molecule has 0 aromatic carbocycles. The molecule has 0 spiro atoms. The summed E-state index contributed by atoms with van der Waals surface area (Å²) in [4.78, 5) is 8.16. The first-order valence-corrected chi connectivity index (χ1v) is 6.40. The predicted octanol–water partition coefficient (Wildman–Crippen LogP) is 2.42. The molecule has 0 atom stereocenters. The highest BCUT2D eigenvalue weighted by Gasteiger charge is 2.17. The molecular formula is C12H11F2N7O. The van der Waals surface area contributed by atoms with Crippen molar-refractivity contribution >= 4 is 11.8 Å². The smallest absolute Gasteiger partial charge is 0.314 e. The first-order chi connectivity index (χ1) is 10.7. The molecule has 114 valence electrons. The Morgan fingerprint density at radius 1 is 1.27 bits per heavy atom. The van der Waals surface area contributed by atoms with Crippen molar-refractivity contribution in [2.24, 2.45) is 0 Å². The van der Waals surface area contributed by atoms with Gasteiger partial charge in [-0.1, -0.05) is 0 Å². The molecule has 0 amide bonds. The van der Waals surface area contributed by atoms with Crippen molar-refractivity contribution in [3.05, 3.63) is 30.5 Å². The van der Waals surface area contributed by atoms with Gasteiger partial charge in [0.2, 0.25) is 5.95 Å². The molecule has 1 N–H and O–H groups in total. The van der Waals surface area contributed by atoms with Crippen LogP contribution in [0.3, 0.4) is 0 Å². The van der Waals surface area contributed by atoms with Crippen molar-refractivity contribution in [1.82, 2.24) is 29.9 Å². The van der Waals surface area contributed by atoms with Crippen LogP contribution in [0.25, 0.3) is 11.5 Å². The van der Waals surface area contributed by atoms with Crippen LogP contribution in [0.5, 0.6) is 0 Å². The van der Waals surface area contributed by atoms with Gasteiger partial charge in [-0.25, -0.2) is 14.6 Å². The number of nitrogens with zero attached hydrogens (tertiary/aromatic N) is 6. The van der Waals surface area contributed by atoms with E-state index in [0.717, 1.165) is 5.82 Å². The van der Waals surface area contributed by atoms with E-state index in [1.807, 2.05) is 6.92 Å². The molecule has 0 fully saturated rings. The number of anilines is 2. The zero-order chi connectivity index (χ0) is 15.5. The Labute approximate surface area is 123 Å². The zero-order valence-electron chi connectivity index (χ0n) is 11.4. The quantitative estimate of drug-likeness (QED) is 0.773. The Balaban J connectivity index is 1.77.